The number of urea groups is 1. The number of dihydropyridines is 1. The summed E-state index contributed by atoms with van der Waals surface area (Å²) in [5, 5.41) is 13.5. The lowest BCUT2D eigenvalue weighted by Gasteiger charge is -2.40. The van der Waals surface area contributed by atoms with E-state index < -0.39 is 12.0 Å². The molecule has 0 saturated carbocycles. The van der Waals surface area contributed by atoms with Crippen molar-refractivity contribution in [2.24, 2.45) is 16.5 Å². The minimum Gasteiger partial charge on any atom is -0.507 e. The molecule has 2 aliphatic heterocycles. The first kappa shape index (κ1) is 22.9. The number of nitrogens with two attached hydrogens (primary N) is 2. The number of aliphatic imine (C=N–C) groups is 1. The Labute approximate surface area is 201 Å². The molecule has 1 saturated heterocycles. The van der Waals surface area contributed by atoms with Gasteiger partial charge in [0.1, 0.15) is 29.9 Å². The van der Waals surface area contributed by atoms with Gasteiger partial charge in [-0.25, -0.2) is 9.59 Å². The molecule has 5 N–H and O–H groups in total. The third kappa shape index (κ3) is 4.00. The second-order valence-electron chi connectivity index (χ2n) is 8.57. The number of allylic oxidation sites excluding steroid dienone is 1. The Morgan fingerprint density at radius 1 is 1.17 bits per heavy atom. The van der Waals surface area contributed by atoms with Gasteiger partial charge in [0.2, 0.25) is 0 Å². The summed E-state index contributed by atoms with van der Waals surface area (Å²) >= 11 is 0. The van der Waals surface area contributed by atoms with Crippen LogP contribution in [0.3, 0.4) is 0 Å². The molecule has 0 spiro atoms. The lowest BCUT2D eigenvalue weighted by molar-refractivity contribution is 0.0516. The smallest absolute Gasteiger partial charge is 0.343 e. The van der Waals surface area contributed by atoms with Crippen LogP contribution >= 0.6 is 0 Å². The number of carbonyl (C=O) groups is 2. The summed E-state index contributed by atoms with van der Waals surface area (Å²) in [7, 11) is 0. The highest BCUT2D eigenvalue weighted by Crippen LogP contribution is 2.47. The van der Waals surface area contributed by atoms with Gasteiger partial charge in [0, 0.05) is 60.7 Å². The zero-order chi connectivity index (χ0) is 24.5. The maximum absolute atomic E-state index is 12.9. The highest BCUT2D eigenvalue weighted by molar-refractivity contribution is 6.16. The van der Waals surface area contributed by atoms with Crippen molar-refractivity contribution in [2.45, 2.75) is 12.5 Å². The lowest BCUT2D eigenvalue weighted by atomic mass is 9.87. The van der Waals surface area contributed by atoms with Crippen molar-refractivity contribution < 1.29 is 23.8 Å². The molecule has 2 amide bonds. The second-order valence-corrected chi connectivity index (χ2v) is 8.57. The number of rotatable bonds is 5. The summed E-state index contributed by atoms with van der Waals surface area (Å²) in [5.74, 6) is -0.555. The minimum absolute atomic E-state index is 0.0713. The molecule has 2 aromatic carbocycles. The Morgan fingerprint density at radius 2 is 1.91 bits per heavy atom. The first-order chi connectivity index (χ1) is 17.0. The summed E-state index contributed by atoms with van der Waals surface area (Å²) in [6.45, 7) is 2.33. The Balaban J connectivity index is 1.76. The van der Waals surface area contributed by atoms with Crippen molar-refractivity contribution in [3.63, 3.8) is 0 Å². The van der Waals surface area contributed by atoms with Crippen LogP contribution in [-0.4, -0.2) is 72.6 Å². The normalized spacial score (nSPS) is 17.5. The number of phenols is 1. The molecule has 3 heterocycles. The Hall–Kier alpha value is -3.89. The molecule has 3 aromatic rings. The van der Waals surface area contributed by atoms with Crippen LogP contribution in [0.1, 0.15) is 28.4 Å². The molecule has 35 heavy (non-hydrogen) atoms. The molecule has 10 heteroatoms. The van der Waals surface area contributed by atoms with E-state index >= 15 is 0 Å². The molecule has 5 rings (SSSR count). The number of nitrogens with zero attached hydrogens (tertiary/aromatic N) is 3. The van der Waals surface area contributed by atoms with E-state index in [0.29, 0.717) is 66.4 Å². The van der Waals surface area contributed by atoms with E-state index in [1.54, 1.807) is 11.1 Å². The maximum atomic E-state index is 12.9. The van der Waals surface area contributed by atoms with Gasteiger partial charge in [0.15, 0.2) is 0 Å². The van der Waals surface area contributed by atoms with E-state index in [1.165, 1.54) is 6.26 Å². The van der Waals surface area contributed by atoms with Gasteiger partial charge in [0.05, 0.1) is 6.04 Å². The molecule has 1 atom stereocenters. The molecule has 1 aromatic heterocycles. The van der Waals surface area contributed by atoms with Crippen molar-refractivity contribution in [3.8, 4) is 5.75 Å². The summed E-state index contributed by atoms with van der Waals surface area (Å²) < 4.78 is 11.0. The van der Waals surface area contributed by atoms with E-state index in [1.807, 2.05) is 30.3 Å². The predicted molar refractivity (Wildman–Crippen MR) is 131 cm³/mol. The number of fused-ring (bicyclic) bond motifs is 3. The first-order valence-corrected chi connectivity index (χ1v) is 11.5. The minimum atomic E-state index is -0.626. The number of piperazine rings is 1. The summed E-state index contributed by atoms with van der Waals surface area (Å²) in [6, 6.07) is 6.52. The monoisotopic (exact) mass is 477 g/mol. The third-order valence-corrected chi connectivity index (χ3v) is 6.72. The number of aromatic hydroxyl groups is 1. The van der Waals surface area contributed by atoms with Crippen LogP contribution in [0.5, 0.6) is 5.75 Å². The van der Waals surface area contributed by atoms with Gasteiger partial charge in [-0.3, -0.25) is 15.6 Å². The fourth-order valence-electron chi connectivity index (χ4n) is 5.08. The summed E-state index contributed by atoms with van der Waals surface area (Å²) in [5.41, 5.74) is 13.3. The molecule has 1 fully saturated rings. The van der Waals surface area contributed by atoms with E-state index in [0.717, 1.165) is 5.57 Å². The average Bonchev–Trinajstić information content (AvgIpc) is 3.32. The summed E-state index contributed by atoms with van der Waals surface area (Å²) in [4.78, 5) is 32.7. The van der Waals surface area contributed by atoms with Crippen molar-refractivity contribution in [1.29, 1.82) is 0 Å². The molecule has 182 valence electrons. The molecule has 0 aliphatic carbocycles. The molecular weight excluding hydrogens is 450 g/mol. The molecule has 1 unspecified atom stereocenters. The van der Waals surface area contributed by atoms with E-state index in [2.05, 4.69) is 9.89 Å². The van der Waals surface area contributed by atoms with Crippen molar-refractivity contribution in [3.05, 3.63) is 53.3 Å². The highest BCUT2D eigenvalue weighted by Gasteiger charge is 2.35. The van der Waals surface area contributed by atoms with Gasteiger partial charge in [-0.05, 0) is 18.1 Å². The fourth-order valence-corrected chi connectivity index (χ4v) is 5.08. The maximum Gasteiger partial charge on any atom is 0.343 e. The number of hydrogen-bond donors (Lipinski definition) is 3. The van der Waals surface area contributed by atoms with Crippen LogP contribution in [-0.2, 0) is 4.74 Å². The van der Waals surface area contributed by atoms with Gasteiger partial charge in [-0.2, -0.15) is 0 Å². The molecular formula is C25H27N5O5. The van der Waals surface area contributed by atoms with Gasteiger partial charge in [-0.1, -0.05) is 24.3 Å². The van der Waals surface area contributed by atoms with E-state index in [4.69, 9.17) is 20.6 Å². The summed E-state index contributed by atoms with van der Waals surface area (Å²) in [6.07, 6.45) is 5.76. The van der Waals surface area contributed by atoms with Crippen LogP contribution in [0.2, 0.25) is 0 Å². The lowest BCUT2D eigenvalue weighted by Crippen LogP contribution is -2.51. The van der Waals surface area contributed by atoms with Crippen molar-refractivity contribution in [1.82, 2.24) is 9.80 Å². The highest BCUT2D eigenvalue weighted by atomic mass is 16.5. The van der Waals surface area contributed by atoms with Gasteiger partial charge in [0.25, 0.3) is 0 Å². The van der Waals surface area contributed by atoms with E-state index in [9.17, 15) is 14.7 Å². The van der Waals surface area contributed by atoms with Crippen molar-refractivity contribution in [2.75, 3.05) is 39.5 Å². The number of primary amides is 1. The predicted octanol–water partition coefficient (Wildman–Crippen LogP) is 2.50. The van der Waals surface area contributed by atoms with Crippen LogP contribution in [0.15, 0.2) is 51.6 Å². The van der Waals surface area contributed by atoms with Crippen molar-refractivity contribution >= 4 is 40.0 Å². The Kier molecular flexibility index (Phi) is 6.14. The number of furan rings is 1. The van der Waals surface area contributed by atoms with Gasteiger partial charge in [-0.15, -0.1) is 0 Å². The number of esters is 1. The third-order valence-electron chi connectivity index (χ3n) is 6.72. The second kappa shape index (κ2) is 9.40. The quantitative estimate of drug-likeness (QED) is 0.378. The first-order valence-electron chi connectivity index (χ1n) is 11.5. The van der Waals surface area contributed by atoms with Crippen LogP contribution in [0.4, 0.5) is 4.79 Å². The average molecular weight is 478 g/mol. The fraction of sp³-hybridized carbons (Fsp3) is 0.320. The largest absolute Gasteiger partial charge is 0.507 e. The molecule has 0 bridgehead atoms. The SMILES string of the molecule is NCOC(=O)c1coc2c1c(C(C1=CC=NCC1)N1CCN(C(N)=O)CC1)c(O)c1ccccc12. The van der Waals surface area contributed by atoms with Crippen LogP contribution < -0.4 is 11.5 Å². The number of benzene rings is 2. The zero-order valence-corrected chi connectivity index (χ0v) is 19.1. The molecule has 0 radical (unpaired) electrons. The topological polar surface area (TPSA) is 148 Å². The number of hydrogen-bond acceptors (Lipinski definition) is 8. The molecule has 2 aliphatic rings. The van der Waals surface area contributed by atoms with Gasteiger partial charge < -0.3 is 24.9 Å². The molecule has 10 nitrogen and oxygen atoms in total. The van der Waals surface area contributed by atoms with Crippen LogP contribution in [0, 0.1) is 0 Å². The van der Waals surface area contributed by atoms with E-state index in [-0.39, 0.29) is 24.1 Å². The Morgan fingerprint density at radius 3 is 2.57 bits per heavy atom. The zero-order valence-electron chi connectivity index (χ0n) is 19.1. The number of ether oxygens (including phenoxy) is 1. The number of carbonyl (C=O) groups excluding carboxylic acids is 2. The van der Waals surface area contributed by atoms with Crippen LogP contribution in [0.25, 0.3) is 21.7 Å². The number of amides is 2. The standard InChI is InChI=1S/C25H27N5O5/c26-14-35-24(32)18-13-34-23-17-4-2-1-3-16(17)22(31)20(19(18)23)21(15-5-7-28-8-6-15)29-9-11-30(12-10-29)25(27)33/h1-5,7,13,21,31H,6,8-12,14,26H2,(H2,27,33). The van der Waals surface area contributed by atoms with Gasteiger partial charge >= 0.3 is 12.0 Å². The number of phenolic OH excluding ortho intramolecular Hbond substituents is 1. The Bertz CT molecular complexity index is 1350.